The normalized spacial score (nSPS) is 10.8. The number of H-pyrrole nitrogens is 1. The van der Waals surface area contributed by atoms with Crippen molar-refractivity contribution in [3.63, 3.8) is 0 Å². The Labute approximate surface area is 80.2 Å². The lowest BCUT2D eigenvalue weighted by Gasteiger charge is -1.94. The second-order valence-electron chi connectivity index (χ2n) is 2.29. The molecule has 2 heterocycles. The second kappa shape index (κ2) is 2.60. The molecule has 0 spiro atoms. The molecule has 0 aliphatic heterocycles. The molecular weight excluding hydrogens is 242 g/mol. The highest BCUT2D eigenvalue weighted by molar-refractivity contribution is 9.10. The van der Waals surface area contributed by atoms with Crippen molar-refractivity contribution < 1.29 is 9.90 Å². The van der Waals surface area contributed by atoms with E-state index in [-0.39, 0.29) is 5.69 Å². The van der Waals surface area contributed by atoms with Crippen LogP contribution in [0.2, 0.25) is 0 Å². The molecule has 0 atom stereocenters. The van der Waals surface area contributed by atoms with Crippen molar-refractivity contribution in [2.75, 3.05) is 0 Å². The first-order valence-corrected chi connectivity index (χ1v) is 4.83. The monoisotopic (exact) mass is 244 g/mol. The van der Waals surface area contributed by atoms with Gasteiger partial charge >= 0.3 is 0 Å². The SMILES string of the molecule is O=C([O-])c1cc2scc(Br)c2[nH]1. The maximum absolute atomic E-state index is 10.4. The molecule has 1 N–H and O–H groups in total. The molecule has 12 heavy (non-hydrogen) atoms. The summed E-state index contributed by atoms with van der Waals surface area (Å²) in [5.41, 5.74) is 0.941. The molecule has 0 radical (unpaired) electrons. The van der Waals surface area contributed by atoms with Gasteiger partial charge in [-0.15, -0.1) is 11.3 Å². The Bertz CT molecular complexity index is 445. The average Bonchev–Trinajstić information content (AvgIpc) is 2.53. The number of carbonyl (C=O) groups excluding carboxylic acids is 1. The van der Waals surface area contributed by atoms with E-state index in [0.29, 0.717) is 0 Å². The lowest BCUT2D eigenvalue weighted by molar-refractivity contribution is -0.255. The number of hydrogen-bond acceptors (Lipinski definition) is 3. The van der Waals surface area contributed by atoms with E-state index in [9.17, 15) is 9.90 Å². The summed E-state index contributed by atoms with van der Waals surface area (Å²) < 4.78 is 1.80. The first-order chi connectivity index (χ1) is 5.68. The zero-order valence-electron chi connectivity index (χ0n) is 5.76. The summed E-state index contributed by atoms with van der Waals surface area (Å²) in [6.45, 7) is 0. The standard InChI is InChI=1S/C7H4BrNO2S/c8-3-2-12-5-1-4(7(10)11)9-6(3)5/h1-2,9H,(H,10,11)/p-1. The summed E-state index contributed by atoms with van der Waals surface area (Å²) in [5, 5.41) is 12.3. The maximum Gasteiger partial charge on any atom is 0.0878 e. The van der Waals surface area contributed by atoms with Crippen LogP contribution in [0.25, 0.3) is 10.2 Å². The van der Waals surface area contributed by atoms with Gasteiger partial charge in [0, 0.05) is 5.38 Å². The van der Waals surface area contributed by atoms with E-state index in [1.807, 2.05) is 5.38 Å². The number of aromatic nitrogens is 1. The molecule has 0 aliphatic rings. The molecule has 0 aromatic carbocycles. The van der Waals surface area contributed by atoms with Crippen LogP contribution in [0.1, 0.15) is 10.5 Å². The molecule has 0 saturated heterocycles. The smallest absolute Gasteiger partial charge is 0.0878 e. The number of halogens is 1. The molecule has 3 nitrogen and oxygen atoms in total. The number of nitrogens with one attached hydrogen (secondary N) is 1. The highest BCUT2D eigenvalue weighted by atomic mass is 79.9. The molecule has 0 unspecified atom stereocenters. The minimum absolute atomic E-state index is 0.123. The van der Waals surface area contributed by atoms with Gasteiger partial charge in [0.15, 0.2) is 0 Å². The van der Waals surface area contributed by atoms with Crippen LogP contribution < -0.4 is 5.11 Å². The van der Waals surface area contributed by atoms with Crippen LogP contribution in [0.15, 0.2) is 15.9 Å². The van der Waals surface area contributed by atoms with Gasteiger partial charge in [-0.1, -0.05) is 0 Å². The van der Waals surface area contributed by atoms with Crippen LogP contribution in [0, 0.1) is 0 Å². The van der Waals surface area contributed by atoms with Crippen LogP contribution >= 0.6 is 27.3 Å². The third-order valence-corrected chi connectivity index (χ3v) is 3.39. The van der Waals surface area contributed by atoms with Crippen molar-refractivity contribution in [2.24, 2.45) is 0 Å². The van der Waals surface area contributed by atoms with E-state index in [4.69, 9.17) is 0 Å². The van der Waals surface area contributed by atoms with E-state index >= 15 is 0 Å². The van der Waals surface area contributed by atoms with Crippen LogP contribution in [0.4, 0.5) is 0 Å². The molecule has 62 valence electrons. The lowest BCUT2D eigenvalue weighted by Crippen LogP contribution is -2.22. The van der Waals surface area contributed by atoms with Crippen LogP contribution in [-0.4, -0.2) is 11.0 Å². The predicted molar refractivity (Wildman–Crippen MR) is 48.2 cm³/mol. The Morgan fingerprint density at radius 2 is 2.42 bits per heavy atom. The van der Waals surface area contributed by atoms with Crippen molar-refractivity contribution in [2.45, 2.75) is 0 Å². The van der Waals surface area contributed by atoms with Gasteiger partial charge < -0.3 is 14.9 Å². The fourth-order valence-corrected chi connectivity index (χ4v) is 2.53. The van der Waals surface area contributed by atoms with E-state index < -0.39 is 5.97 Å². The Morgan fingerprint density at radius 3 is 3.00 bits per heavy atom. The summed E-state index contributed by atoms with van der Waals surface area (Å²) in [4.78, 5) is 13.2. The highest BCUT2D eigenvalue weighted by Crippen LogP contribution is 2.29. The number of fused-ring (bicyclic) bond motifs is 1. The summed E-state index contributed by atoms with van der Waals surface area (Å²) >= 11 is 4.78. The second-order valence-corrected chi connectivity index (χ2v) is 4.06. The van der Waals surface area contributed by atoms with Gasteiger partial charge in [0.05, 0.1) is 26.4 Å². The Hall–Kier alpha value is -0.810. The number of carboxylic acid groups (broad SMARTS) is 1. The number of rotatable bonds is 1. The van der Waals surface area contributed by atoms with Crippen molar-refractivity contribution in [1.82, 2.24) is 4.98 Å². The van der Waals surface area contributed by atoms with Crippen molar-refractivity contribution in [1.29, 1.82) is 0 Å². The molecular formula is C7H3BrNO2S-. The van der Waals surface area contributed by atoms with Crippen molar-refractivity contribution >= 4 is 43.5 Å². The largest absolute Gasteiger partial charge is 0.543 e. The fourth-order valence-electron chi connectivity index (χ4n) is 0.990. The Balaban J connectivity index is 2.70. The first kappa shape index (κ1) is 7.82. The fraction of sp³-hybridized carbons (Fsp3) is 0. The number of thiophene rings is 1. The van der Waals surface area contributed by atoms with Gasteiger partial charge in [0.25, 0.3) is 0 Å². The topological polar surface area (TPSA) is 55.9 Å². The van der Waals surface area contributed by atoms with Gasteiger partial charge in [0.1, 0.15) is 0 Å². The average molecular weight is 245 g/mol. The molecule has 0 saturated carbocycles. The number of hydrogen-bond donors (Lipinski definition) is 1. The van der Waals surface area contributed by atoms with Gasteiger partial charge in [-0.25, -0.2) is 0 Å². The molecule has 0 bridgehead atoms. The van der Waals surface area contributed by atoms with Crippen LogP contribution in [-0.2, 0) is 0 Å². The summed E-state index contributed by atoms with van der Waals surface area (Å²) in [7, 11) is 0. The highest BCUT2D eigenvalue weighted by Gasteiger charge is 2.05. The molecule has 2 aromatic heterocycles. The minimum Gasteiger partial charge on any atom is -0.543 e. The van der Waals surface area contributed by atoms with Gasteiger partial charge in [-0.05, 0) is 22.0 Å². The third-order valence-electron chi connectivity index (χ3n) is 1.53. The Kier molecular flexibility index (Phi) is 1.69. The number of aromatic amines is 1. The van der Waals surface area contributed by atoms with Crippen LogP contribution in [0.3, 0.4) is 0 Å². The summed E-state index contributed by atoms with van der Waals surface area (Å²) in [6, 6.07) is 1.57. The van der Waals surface area contributed by atoms with E-state index in [1.165, 1.54) is 11.3 Å². The lowest BCUT2D eigenvalue weighted by atomic mass is 10.4. The minimum atomic E-state index is -1.18. The number of aromatic carboxylic acids is 1. The molecule has 2 rings (SSSR count). The van der Waals surface area contributed by atoms with Crippen molar-refractivity contribution in [3.05, 3.63) is 21.6 Å². The van der Waals surface area contributed by atoms with Crippen molar-refractivity contribution in [3.8, 4) is 0 Å². The van der Waals surface area contributed by atoms with E-state index in [1.54, 1.807) is 6.07 Å². The first-order valence-electron chi connectivity index (χ1n) is 3.15. The Morgan fingerprint density at radius 1 is 1.67 bits per heavy atom. The zero-order chi connectivity index (χ0) is 8.72. The molecule has 2 aromatic rings. The van der Waals surface area contributed by atoms with E-state index in [0.717, 1.165) is 14.7 Å². The number of carboxylic acids is 1. The van der Waals surface area contributed by atoms with Gasteiger partial charge in [0.2, 0.25) is 0 Å². The molecule has 5 heteroatoms. The van der Waals surface area contributed by atoms with Gasteiger partial charge in [-0.2, -0.15) is 0 Å². The maximum atomic E-state index is 10.4. The zero-order valence-corrected chi connectivity index (χ0v) is 8.16. The van der Waals surface area contributed by atoms with Gasteiger partial charge in [-0.3, -0.25) is 0 Å². The molecule has 0 amide bonds. The molecule has 0 fully saturated rings. The summed E-state index contributed by atoms with van der Waals surface area (Å²) in [6.07, 6.45) is 0. The predicted octanol–water partition coefficient (Wildman–Crippen LogP) is 1.36. The quantitative estimate of drug-likeness (QED) is 0.824. The number of carbonyl (C=O) groups is 1. The third kappa shape index (κ3) is 1.05. The summed E-state index contributed by atoms with van der Waals surface area (Å²) in [5.74, 6) is -1.18. The molecule has 0 aliphatic carbocycles. The van der Waals surface area contributed by atoms with E-state index in [2.05, 4.69) is 20.9 Å². The van der Waals surface area contributed by atoms with Crippen LogP contribution in [0.5, 0.6) is 0 Å².